The Bertz CT molecular complexity index is 260. The molecule has 0 amide bonds. The van der Waals surface area contributed by atoms with Gasteiger partial charge in [0.2, 0.25) is 0 Å². The summed E-state index contributed by atoms with van der Waals surface area (Å²) >= 11 is 0. The van der Waals surface area contributed by atoms with Gasteiger partial charge < -0.3 is 16.2 Å². The van der Waals surface area contributed by atoms with Crippen LogP contribution in [0.2, 0.25) is 0 Å². The van der Waals surface area contributed by atoms with Crippen LogP contribution in [0.25, 0.3) is 0 Å². The molecule has 0 aromatic rings. The number of nitrogens with two attached hydrogens (primary N) is 1. The van der Waals surface area contributed by atoms with E-state index in [2.05, 4.69) is 10.3 Å². The van der Waals surface area contributed by atoms with E-state index in [1.807, 2.05) is 0 Å². The molecule has 2 aliphatic rings. The van der Waals surface area contributed by atoms with Gasteiger partial charge in [-0.15, -0.1) is 24.0 Å². The lowest BCUT2D eigenvalue weighted by Gasteiger charge is -2.25. The molecule has 0 atom stereocenters. The molecule has 2 rings (SSSR count). The summed E-state index contributed by atoms with van der Waals surface area (Å²) in [6.07, 6.45) is 7.93. The largest absolute Gasteiger partial charge is 0.388 e. The molecule has 0 heterocycles. The summed E-state index contributed by atoms with van der Waals surface area (Å²) in [5.41, 5.74) is 5.18. The molecule has 0 saturated heterocycles. The van der Waals surface area contributed by atoms with E-state index >= 15 is 0 Å². The van der Waals surface area contributed by atoms with E-state index in [0.29, 0.717) is 12.5 Å². The van der Waals surface area contributed by atoms with Crippen LogP contribution >= 0.6 is 24.0 Å². The zero-order valence-corrected chi connectivity index (χ0v) is 12.7. The van der Waals surface area contributed by atoms with Gasteiger partial charge in [-0.3, -0.25) is 4.99 Å². The number of aliphatic hydroxyl groups is 1. The molecular formula is C12H24IN3O. The fourth-order valence-corrected chi connectivity index (χ4v) is 2.43. The van der Waals surface area contributed by atoms with E-state index in [-0.39, 0.29) is 24.0 Å². The standard InChI is InChI=1S/C12H23N3O.HI/c13-11(14-8-10-4-3-5-10)15-9-12(16)6-1-2-7-12;/h10,16H,1-9H2,(H3,13,14,15);1H. The van der Waals surface area contributed by atoms with Crippen molar-refractivity contribution < 1.29 is 5.11 Å². The second kappa shape index (κ2) is 6.78. The molecule has 0 spiro atoms. The maximum absolute atomic E-state index is 10.1. The first-order valence-electron chi connectivity index (χ1n) is 6.44. The van der Waals surface area contributed by atoms with Gasteiger partial charge in [-0.25, -0.2) is 0 Å². The lowest BCUT2D eigenvalue weighted by molar-refractivity contribution is 0.0574. The van der Waals surface area contributed by atoms with Gasteiger partial charge in [0, 0.05) is 6.54 Å². The van der Waals surface area contributed by atoms with Crippen LogP contribution in [-0.2, 0) is 0 Å². The van der Waals surface area contributed by atoms with Crippen LogP contribution in [0, 0.1) is 5.92 Å². The highest BCUT2D eigenvalue weighted by atomic mass is 127. The Balaban J connectivity index is 0.00000144. The van der Waals surface area contributed by atoms with Gasteiger partial charge >= 0.3 is 0 Å². The number of aliphatic imine (C=N–C) groups is 1. The Hall–Kier alpha value is -0.0400. The van der Waals surface area contributed by atoms with Crippen molar-refractivity contribution in [1.29, 1.82) is 0 Å². The van der Waals surface area contributed by atoms with Crippen LogP contribution < -0.4 is 11.1 Å². The zero-order valence-electron chi connectivity index (χ0n) is 10.3. The van der Waals surface area contributed by atoms with Crippen LogP contribution in [0.3, 0.4) is 0 Å². The molecule has 0 aliphatic heterocycles. The fourth-order valence-electron chi connectivity index (χ4n) is 2.43. The number of guanidine groups is 1. The van der Waals surface area contributed by atoms with Crippen LogP contribution in [-0.4, -0.2) is 29.8 Å². The molecule has 2 saturated carbocycles. The number of rotatable bonds is 4. The van der Waals surface area contributed by atoms with Crippen LogP contribution in [0.4, 0.5) is 0 Å². The van der Waals surface area contributed by atoms with E-state index in [9.17, 15) is 5.11 Å². The smallest absolute Gasteiger partial charge is 0.188 e. The Labute approximate surface area is 120 Å². The Morgan fingerprint density at radius 3 is 2.47 bits per heavy atom. The average molecular weight is 353 g/mol. The summed E-state index contributed by atoms with van der Waals surface area (Å²) in [5.74, 6) is 1.27. The van der Waals surface area contributed by atoms with Crippen molar-refractivity contribution >= 4 is 29.9 Å². The van der Waals surface area contributed by atoms with Crippen molar-refractivity contribution in [2.24, 2.45) is 16.6 Å². The summed E-state index contributed by atoms with van der Waals surface area (Å²) in [6.45, 7) is 1.39. The molecule has 4 N–H and O–H groups in total. The normalized spacial score (nSPS) is 23.9. The van der Waals surface area contributed by atoms with Crippen molar-refractivity contribution in [3.05, 3.63) is 0 Å². The molecule has 0 aromatic heterocycles. The van der Waals surface area contributed by atoms with Crippen LogP contribution in [0.5, 0.6) is 0 Å². The van der Waals surface area contributed by atoms with Gasteiger partial charge in [0.15, 0.2) is 5.96 Å². The van der Waals surface area contributed by atoms with Crippen molar-refractivity contribution in [2.45, 2.75) is 50.5 Å². The van der Waals surface area contributed by atoms with Crippen molar-refractivity contribution in [3.8, 4) is 0 Å². The van der Waals surface area contributed by atoms with E-state index in [0.717, 1.165) is 38.1 Å². The molecular weight excluding hydrogens is 329 g/mol. The SMILES string of the molecule is I.NC(=NCC1(O)CCCC1)NCC1CCC1. The minimum absolute atomic E-state index is 0. The predicted octanol–water partition coefficient (Wildman–Crippen LogP) is 1.61. The third-order valence-corrected chi connectivity index (χ3v) is 3.87. The first kappa shape index (κ1) is 15.0. The Morgan fingerprint density at radius 1 is 1.29 bits per heavy atom. The molecule has 4 nitrogen and oxygen atoms in total. The van der Waals surface area contributed by atoms with Gasteiger partial charge in [0.25, 0.3) is 0 Å². The lowest BCUT2D eigenvalue weighted by Crippen LogP contribution is -2.39. The zero-order chi connectivity index (χ0) is 11.4. The summed E-state index contributed by atoms with van der Waals surface area (Å²) in [5, 5.41) is 13.2. The number of hydrogen-bond acceptors (Lipinski definition) is 2. The van der Waals surface area contributed by atoms with Crippen LogP contribution in [0.15, 0.2) is 4.99 Å². The second-order valence-corrected chi connectivity index (χ2v) is 5.31. The monoisotopic (exact) mass is 353 g/mol. The fraction of sp³-hybridized carbons (Fsp3) is 0.917. The van der Waals surface area contributed by atoms with Gasteiger partial charge in [-0.1, -0.05) is 19.3 Å². The highest BCUT2D eigenvalue weighted by Crippen LogP contribution is 2.29. The van der Waals surface area contributed by atoms with Crippen molar-refractivity contribution in [1.82, 2.24) is 5.32 Å². The quantitative estimate of drug-likeness (QED) is 0.409. The summed E-state index contributed by atoms with van der Waals surface area (Å²) in [6, 6.07) is 0. The summed E-state index contributed by atoms with van der Waals surface area (Å²) in [4.78, 5) is 4.24. The first-order chi connectivity index (χ1) is 7.68. The second-order valence-electron chi connectivity index (χ2n) is 5.31. The number of nitrogens with one attached hydrogen (secondary N) is 1. The average Bonchev–Trinajstić information content (AvgIpc) is 2.61. The van der Waals surface area contributed by atoms with Crippen LogP contribution in [0.1, 0.15) is 44.9 Å². The number of halogens is 1. The van der Waals surface area contributed by atoms with Crippen molar-refractivity contribution in [3.63, 3.8) is 0 Å². The van der Waals surface area contributed by atoms with Gasteiger partial charge in [0.05, 0.1) is 12.1 Å². The molecule has 0 radical (unpaired) electrons. The molecule has 2 aliphatic carbocycles. The lowest BCUT2D eigenvalue weighted by atomic mass is 9.85. The number of nitrogens with zero attached hydrogens (tertiary/aromatic N) is 1. The molecule has 2 fully saturated rings. The minimum Gasteiger partial charge on any atom is -0.388 e. The maximum atomic E-state index is 10.1. The molecule has 5 heteroatoms. The molecule has 0 bridgehead atoms. The highest BCUT2D eigenvalue weighted by Gasteiger charge is 2.30. The third kappa shape index (κ3) is 4.62. The molecule has 0 unspecified atom stereocenters. The van der Waals surface area contributed by atoms with Gasteiger partial charge in [0.1, 0.15) is 0 Å². The van der Waals surface area contributed by atoms with E-state index < -0.39 is 5.60 Å². The van der Waals surface area contributed by atoms with Gasteiger partial charge in [-0.05, 0) is 31.6 Å². The maximum Gasteiger partial charge on any atom is 0.188 e. The minimum atomic E-state index is -0.581. The predicted molar refractivity (Wildman–Crippen MR) is 80.7 cm³/mol. The Morgan fingerprint density at radius 2 is 1.94 bits per heavy atom. The molecule has 0 aromatic carbocycles. The van der Waals surface area contributed by atoms with Crippen molar-refractivity contribution in [2.75, 3.05) is 13.1 Å². The summed E-state index contributed by atoms with van der Waals surface area (Å²) < 4.78 is 0. The van der Waals surface area contributed by atoms with Gasteiger partial charge in [-0.2, -0.15) is 0 Å². The molecule has 100 valence electrons. The molecule has 17 heavy (non-hydrogen) atoms. The first-order valence-corrected chi connectivity index (χ1v) is 6.44. The third-order valence-electron chi connectivity index (χ3n) is 3.87. The number of hydrogen-bond donors (Lipinski definition) is 3. The Kier molecular flexibility index (Phi) is 5.99. The van der Waals surface area contributed by atoms with E-state index in [4.69, 9.17) is 5.73 Å². The van der Waals surface area contributed by atoms with E-state index in [1.165, 1.54) is 19.3 Å². The van der Waals surface area contributed by atoms with E-state index in [1.54, 1.807) is 0 Å². The highest BCUT2D eigenvalue weighted by molar-refractivity contribution is 14.0. The summed E-state index contributed by atoms with van der Waals surface area (Å²) in [7, 11) is 0. The topological polar surface area (TPSA) is 70.6 Å².